The quantitative estimate of drug-likeness (QED) is 0.633. The van der Waals surface area contributed by atoms with Gasteiger partial charge in [0.2, 0.25) is 11.8 Å². The first-order chi connectivity index (χ1) is 14.2. The summed E-state index contributed by atoms with van der Waals surface area (Å²) in [5.74, 6) is 0.424. The van der Waals surface area contributed by atoms with E-state index in [1.54, 1.807) is 36.7 Å². The lowest BCUT2D eigenvalue weighted by molar-refractivity contribution is -0.114. The number of anilines is 2. The number of carbonyl (C=O) groups is 2. The van der Waals surface area contributed by atoms with E-state index in [1.165, 1.54) is 17.7 Å². The van der Waals surface area contributed by atoms with Gasteiger partial charge in [-0.05, 0) is 29.8 Å². The monoisotopic (exact) mass is 404 g/mol. The van der Waals surface area contributed by atoms with E-state index in [9.17, 15) is 9.59 Å². The summed E-state index contributed by atoms with van der Waals surface area (Å²) in [4.78, 5) is 32.0. The number of benzene rings is 1. The van der Waals surface area contributed by atoms with Crippen molar-refractivity contribution in [2.24, 2.45) is 0 Å². The van der Waals surface area contributed by atoms with E-state index in [-0.39, 0.29) is 17.2 Å². The molecule has 0 atom stereocenters. The van der Waals surface area contributed by atoms with Crippen LogP contribution in [0, 0.1) is 0 Å². The second-order valence-corrected chi connectivity index (χ2v) is 7.75. The van der Waals surface area contributed by atoms with Gasteiger partial charge in [0.1, 0.15) is 5.82 Å². The Kier molecular flexibility index (Phi) is 6.06. The van der Waals surface area contributed by atoms with Crippen LogP contribution in [0.2, 0.25) is 0 Å². The Hall–Kier alpha value is -3.81. The molecule has 0 radical (unpaired) electrons. The van der Waals surface area contributed by atoms with Crippen molar-refractivity contribution in [2.75, 3.05) is 10.6 Å². The highest BCUT2D eigenvalue weighted by Gasteiger charge is 2.22. The number of rotatable bonds is 5. The predicted octanol–water partition coefficient (Wildman–Crippen LogP) is 3.57. The lowest BCUT2D eigenvalue weighted by atomic mass is 9.92. The van der Waals surface area contributed by atoms with E-state index in [0.29, 0.717) is 17.5 Å². The van der Waals surface area contributed by atoms with E-state index in [2.05, 4.69) is 25.7 Å². The summed E-state index contributed by atoms with van der Waals surface area (Å²) in [5, 5.41) is 10.1. The van der Waals surface area contributed by atoms with Crippen molar-refractivity contribution < 1.29 is 9.59 Å². The zero-order chi connectivity index (χ0) is 21.7. The Morgan fingerprint density at radius 1 is 1.03 bits per heavy atom. The van der Waals surface area contributed by atoms with E-state index in [0.717, 1.165) is 11.3 Å². The van der Waals surface area contributed by atoms with Crippen LogP contribution in [0.5, 0.6) is 0 Å². The molecule has 0 saturated carbocycles. The highest BCUT2D eigenvalue weighted by atomic mass is 16.2. The minimum absolute atomic E-state index is 0.133. The first-order valence-corrected chi connectivity index (χ1v) is 9.47. The molecule has 0 unspecified atom stereocenters. The van der Waals surface area contributed by atoms with Crippen molar-refractivity contribution in [3.05, 3.63) is 66.1 Å². The van der Waals surface area contributed by atoms with Crippen LogP contribution in [-0.4, -0.2) is 31.6 Å². The number of hydrogen-bond acceptors (Lipinski definition) is 5. The molecule has 2 heterocycles. The van der Waals surface area contributed by atoms with E-state index >= 15 is 0 Å². The van der Waals surface area contributed by atoms with Crippen molar-refractivity contribution in [3.63, 3.8) is 0 Å². The maximum atomic E-state index is 12.5. The van der Waals surface area contributed by atoms with E-state index in [4.69, 9.17) is 0 Å². The molecule has 8 heteroatoms. The molecule has 2 N–H and O–H groups in total. The van der Waals surface area contributed by atoms with Crippen LogP contribution in [0.3, 0.4) is 0 Å². The average Bonchev–Trinajstić information content (AvgIpc) is 3.12. The second kappa shape index (κ2) is 8.69. The number of carbonyl (C=O) groups excluding carboxylic acids is 2. The summed E-state index contributed by atoms with van der Waals surface area (Å²) in [7, 11) is 0. The summed E-state index contributed by atoms with van der Waals surface area (Å²) >= 11 is 0. The molecular weight excluding hydrogens is 380 g/mol. The third-order valence-electron chi connectivity index (χ3n) is 4.13. The SMILES string of the molecule is CC(=O)Nc1ccc(/C=C/C(=O)Nc2cc(C(C)(C)C)nn2-c2ncccn2)cc1. The van der Waals surface area contributed by atoms with Crippen LogP contribution in [0.15, 0.2) is 54.9 Å². The van der Waals surface area contributed by atoms with E-state index in [1.807, 2.05) is 39.0 Å². The van der Waals surface area contributed by atoms with Gasteiger partial charge in [-0.25, -0.2) is 9.97 Å². The fraction of sp³-hybridized carbons (Fsp3) is 0.227. The Balaban J connectivity index is 1.78. The normalized spacial score (nSPS) is 11.5. The Morgan fingerprint density at radius 2 is 1.70 bits per heavy atom. The topological polar surface area (TPSA) is 102 Å². The maximum Gasteiger partial charge on any atom is 0.252 e. The highest BCUT2D eigenvalue weighted by molar-refractivity contribution is 6.01. The zero-order valence-corrected chi connectivity index (χ0v) is 17.4. The fourth-order valence-electron chi connectivity index (χ4n) is 2.61. The van der Waals surface area contributed by atoms with Gasteiger partial charge in [-0.1, -0.05) is 32.9 Å². The molecule has 3 aromatic rings. The van der Waals surface area contributed by atoms with Gasteiger partial charge in [0.25, 0.3) is 5.95 Å². The summed E-state index contributed by atoms with van der Waals surface area (Å²) in [6, 6.07) is 10.7. The molecule has 0 aliphatic carbocycles. The predicted molar refractivity (Wildman–Crippen MR) is 116 cm³/mol. The van der Waals surface area contributed by atoms with Crippen LogP contribution in [-0.2, 0) is 15.0 Å². The third kappa shape index (κ3) is 5.38. The van der Waals surface area contributed by atoms with Crippen LogP contribution in [0.1, 0.15) is 39.0 Å². The first-order valence-electron chi connectivity index (χ1n) is 9.47. The minimum atomic E-state index is -0.307. The lowest BCUT2D eigenvalue weighted by Crippen LogP contribution is -2.14. The number of nitrogens with zero attached hydrogens (tertiary/aromatic N) is 4. The van der Waals surface area contributed by atoms with Gasteiger partial charge >= 0.3 is 0 Å². The molecule has 30 heavy (non-hydrogen) atoms. The number of amides is 2. The molecule has 0 saturated heterocycles. The Bertz CT molecular complexity index is 1060. The average molecular weight is 404 g/mol. The van der Waals surface area contributed by atoms with Gasteiger partial charge in [0.15, 0.2) is 0 Å². The molecule has 2 aromatic heterocycles. The Labute approximate surface area is 175 Å². The van der Waals surface area contributed by atoms with E-state index < -0.39 is 0 Å². The summed E-state index contributed by atoms with van der Waals surface area (Å²) in [5.41, 5.74) is 2.13. The Morgan fingerprint density at radius 3 is 2.30 bits per heavy atom. The van der Waals surface area contributed by atoms with Gasteiger partial charge in [-0.3, -0.25) is 9.59 Å². The summed E-state index contributed by atoms with van der Waals surface area (Å²) in [6.07, 6.45) is 6.37. The fourth-order valence-corrected chi connectivity index (χ4v) is 2.61. The lowest BCUT2D eigenvalue weighted by Gasteiger charge is -2.13. The number of hydrogen-bond donors (Lipinski definition) is 2. The molecule has 154 valence electrons. The van der Waals surface area contributed by atoms with Gasteiger partial charge in [0.05, 0.1) is 5.69 Å². The van der Waals surface area contributed by atoms with Gasteiger partial charge < -0.3 is 10.6 Å². The number of nitrogens with one attached hydrogen (secondary N) is 2. The van der Waals surface area contributed by atoms with Crippen molar-refractivity contribution in [3.8, 4) is 5.95 Å². The highest BCUT2D eigenvalue weighted by Crippen LogP contribution is 2.25. The number of aromatic nitrogens is 4. The molecule has 1 aromatic carbocycles. The summed E-state index contributed by atoms with van der Waals surface area (Å²) in [6.45, 7) is 7.58. The minimum Gasteiger partial charge on any atom is -0.326 e. The van der Waals surface area contributed by atoms with Crippen molar-refractivity contribution in [1.29, 1.82) is 0 Å². The largest absolute Gasteiger partial charge is 0.326 e. The molecular formula is C22H24N6O2. The van der Waals surface area contributed by atoms with Gasteiger partial charge in [-0.15, -0.1) is 0 Å². The molecule has 0 spiro atoms. The van der Waals surface area contributed by atoms with Crippen molar-refractivity contribution in [1.82, 2.24) is 19.7 Å². The summed E-state index contributed by atoms with van der Waals surface area (Å²) < 4.78 is 1.52. The van der Waals surface area contributed by atoms with Gasteiger partial charge in [0, 0.05) is 42.6 Å². The van der Waals surface area contributed by atoms with Gasteiger partial charge in [-0.2, -0.15) is 9.78 Å². The maximum absolute atomic E-state index is 12.5. The first kappa shape index (κ1) is 20.9. The van der Waals surface area contributed by atoms with Crippen LogP contribution >= 0.6 is 0 Å². The molecule has 0 aliphatic heterocycles. The van der Waals surface area contributed by atoms with Crippen LogP contribution in [0.25, 0.3) is 12.0 Å². The van der Waals surface area contributed by atoms with Crippen LogP contribution in [0.4, 0.5) is 11.5 Å². The second-order valence-electron chi connectivity index (χ2n) is 7.75. The molecule has 2 amide bonds. The molecule has 0 aliphatic rings. The van der Waals surface area contributed by atoms with Crippen molar-refractivity contribution >= 4 is 29.4 Å². The van der Waals surface area contributed by atoms with Crippen molar-refractivity contribution in [2.45, 2.75) is 33.1 Å². The molecule has 8 nitrogen and oxygen atoms in total. The molecule has 0 fully saturated rings. The smallest absolute Gasteiger partial charge is 0.252 e. The molecule has 0 bridgehead atoms. The third-order valence-corrected chi connectivity index (χ3v) is 4.13. The molecule has 3 rings (SSSR count). The standard InChI is InChI=1S/C22H24N6O2/c1-15(29)25-17-9-6-16(7-10-17)8-11-20(30)26-19-14-18(22(2,3)4)27-28(19)21-23-12-5-13-24-21/h5-14H,1-4H3,(H,25,29)(H,26,30)/b11-8+. The zero-order valence-electron chi connectivity index (χ0n) is 17.4. The van der Waals surface area contributed by atoms with Crippen LogP contribution < -0.4 is 10.6 Å².